The Morgan fingerprint density at radius 2 is 1.77 bits per heavy atom. The first-order valence-electron chi connectivity index (χ1n) is 11.8. The second-order valence-electron chi connectivity index (χ2n) is 8.55. The number of fused-ring (bicyclic) bond motifs is 1. The lowest BCUT2D eigenvalue weighted by Crippen LogP contribution is -2.29. The maximum absolute atomic E-state index is 13.7. The van der Waals surface area contributed by atoms with E-state index in [-0.39, 0.29) is 28.6 Å². The number of nitrogens with zero attached hydrogens (tertiary/aromatic N) is 5. The zero-order valence-electron chi connectivity index (χ0n) is 21.4. The number of halogens is 1. The van der Waals surface area contributed by atoms with Gasteiger partial charge in [0.25, 0.3) is 5.91 Å². The van der Waals surface area contributed by atoms with Gasteiger partial charge in [-0.15, -0.1) is 12.4 Å². The third-order valence-electron chi connectivity index (χ3n) is 6.14. The summed E-state index contributed by atoms with van der Waals surface area (Å²) in [6.07, 6.45) is 4.34. The molecule has 0 fully saturated rings. The van der Waals surface area contributed by atoms with E-state index in [4.69, 9.17) is 4.74 Å². The number of benzene rings is 2. The van der Waals surface area contributed by atoms with Crippen LogP contribution in [-0.4, -0.2) is 52.3 Å². The van der Waals surface area contributed by atoms with Gasteiger partial charge in [0.05, 0.1) is 51.9 Å². The zero-order chi connectivity index (χ0) is 27.6. The van der Waals surface area contributed by atoms with Gasteiger partial charge in [0.1, 0.15) is 11.6 Å². The van der Waals surface area contributed by atoms with Gasteiger partial charge in [-0.2, -0.15) is 5.10 Å². The highest BCUT2D eigenvalue weighted by Gasteiger charge is 2.29. The molecule has 3 aromatic heterocycles. The van der Waals surface area contributed by atoms with Crippen molar-refractivity contribution in [2.45, 2.75) is 11.8 Å². The number of nitrogens with one attached hydrogen (secondary N) is 1. The van der Waals surface area contributed by atoms with Gasteiger partial charge < -0.3 is 9.64 Å². The number of rotatable bonds is 8. The summed E-state index contributed by atoms with van der Waals surface area (Å²) < 4.78 is 34.2. The van der Waals surface area contributed by atoms with Crippen LogP contribution in [0.2, 0.25) is 0 Å². The summed E-state index contributed by atoms with van der Waals surface area (Å²) >= 11 is 0. The molecule has 13 heteroatoms. The maximum atomic E-state index is 13.7. The number of pyridine rings is 2. The number of hydroxylamine groups is 1. The quantitative estimate of drug-likeness (QED) is 0.204. The van der Waals surface area contributed by atoms with E-state index in [2.05, 4.69) is 15.1 Å². The van der Waals surface area contributed by atoms with Crippen LogP contribution in [0.3, 0.4) is 0 Å². The van der Waals surface area contributed by atoms with Gasteiger partial charge in [-0.25, -0.2) is 23.6 Å². The van der Waals surface area contributed by atoms with Crippen molar-refractivity contribution < 1.29 is 23.2 Å². The summed E-state index contributed by atoms with van der Waals surface area (Å²) in [5, 5.41) is 14.6. The van der Waals surface area contributed by atoms with Crippen molar-refractivity contribution in [3.8, 4) is 11.4 Å². The van der Waals surface area contributed by atoms with Crippen molar-refractivity contribution in [1.82, 2.24) is 25.2 Å². The Balaban J connectivity index is 0.00000370. The first-order chi connectivity index (χ1) is 18.8. The fourth-order valence-electron chi connectivity index (χ4n) is 4.30. The second-order valence-corrected chi connectivity index (χ2v) is 10.5. The Morgan fingerprint density at radius 3 is 2.40 bits per heavy atom. The minimum atomic E-state index is -3.96. The van der Waals surface area contributed by atoms with Gasteiger partial charge in [-0.3, -0.25) is 15.0 Å². The van der Waals surface area contributed by atoms with Crippen LogP contribution in [-0.2, 0) is 9.84 Å². The predicted octanol–water partition coefficient (Wildman–Crippen LogP) is 4.24. The Kier molecular flexibility index (Phi) is 8.33. The number of para-hydroxylation sites is 1. The SMILES string of the molecule is COc1ccc(S(=O)(=O)CN(c2cccnc2)c2c(C(=O)NO)cnc3c2c(C)nn3-c2ccccc2)cc1.Cl. The number of ether oxygens (including phenoxy) is 1. The third kappa shape index (κ3) is 5.32. The molecule has 2 N–H and O–H groups in total. The van der Waals surface area contributed by atoms with E-state index >= 15 is 0 Å². The molecule has 2 aromatic carbocycles. The number of carbonyl (C=O) groups excluding carboxylic acids is 1. The van der Waals surface area contributed by atoms with Gasteiger partial charge in [0, 0.05) is 12.4 Å². The molecule has 0 aliphatic carbocycles. The van der Waals surface area contributed by atoms with Crippen LogP contribution < -0.4 is 15.1 Å². The number of amides is 1. The van der Waals surface area contributed by atoms with Crippen molar-refractivity contribution in [1.29, 1.82) is 0 Å². The summed E-state index contributed by atoms with van der Waals surface area (Å²) in [7, 11) is -2.46. The molecule has 0 saturated carbocycles. The van der Waals surface area contributed by atoms with Gasteiger partial charge in [-0.1, -0.05) is 18.2 Å². The summed E-state index contributed by atoms with van der Waals surface area (Å²) in [5.41, 5.74) is 3.84. The van der Waals surface area contributed by atoms with Gasteiger partial charge in [0.2, 0.25) is 0 Å². The molecule has 0 bridgehead atoms. The molecule has 11 nitrogen and oxygen atoms in total. The normalized spacial score (nSPS) is 11.1. The molecule has 0 aliphatic heterocycles. The molecule has 5 aromatic rings. The number of aryl methyl sites for hydroxylation is 1. The van der Waals surface area contributed by atoms with Crippen LogP contribution in [0.15, 0.2) is 90.2 Å². The van der Waals surface area contributed by atoms with Crippen molar-refractivity contribution in [3.05, 3.63) is 96.6 Å². The van der Waals surface area contributed by atoms with E-state index < -0.39 is 21.6 Å². The van der Waals surface area contributed by atoms with E-state index in [1.54, 1.807) is 47.5 Å². The standard InChI is InChI=1S/C27H24N6O5S.ClH/c1-18-24-25(23(27(34)31-35)16-29-26(24)33(30-18)19-7-4-3-5-8-19)32(20-9-6-14-28-15-20)17-39(36,37)22-12-10-21(38-2)11-13-22;/h3-16,35H,17H2,1-2H3,(H,31,34);1H. The molecule has 3 heterocycles. The molecule has 5 rings (SSSR count). The molecular weight excluding hydrogens is 556 g/mol. The summed E-state index contributed by atoms with van der Waals surface area (Å²) in [6.45, 7) is 1.74. The molecular formula is C27H25ClN6O5S. The third-order valence-corrected chi connectivity index (χ3v) is 7.72. The van der Waals surface area contributed by atoms with Crippen LogP contribution >= 0.6 is 12.4 Å². The van der Waals surface area contributed by atoms with E-state index in [0.29, 0.717) is 28.2 Å². The smallest absolute Gasteiger partial charge is 0.278 e. The monoisotopic (exact) mass is 580 g/mol. The molecule has 206 valence electrons. The highest BCUT2D eigenvalue weighted by Crippen LogP contribution is 2.38. The lowest BCUT2D eigenvalue weighted by Gasteiger charge is -2.27. The molecule has 0 spiro atoms. The minimum Gasteiger partial charge on any atom is -0.497 e. The number of carbonyl (C=O) groups is 1. The van der Waals surface area contributed by atoms with Crippen LogP contribution in [0, 0.1) is 6.92 Å². The number of anilines is 2. The number of sulfone groups is 1. The topological polar surface area (TPSA) is 140 Å². The fourth-order valence-corrected chi connectivity index (χ4v) is 5.62. The van der Waals surface area contributed by atoms with Crippen molar-refractivity contribution in [3.63, 3.8) is 0 Å². The number of hydrogen-bond donors (Lipinski definition) is 2. The van der Waals surface area contributed by atoms with Crippen molar-refractivity contribution >= 4 is 50.6 Å². The molecule has 0 atom stereocenters. The number of methoxy groups -OCH3 is 1. The Hall–Kier alpha value is -4.52. The van der Waals surface area contributed by atoms with Crippen LogP contribution in [0.4, 0.5) is 11.4 Å². The van der Waals surface area contributed by atoms with E-state index in [1.807, 2.05) is 30.3 Å². The Labute approximate surface area is 236 Å². The molecule has 40 heavy (non-hydrogen) atoms. The lowest BCUT2D eigenvalue weighted by molar-refractivity contribution is 0.0707. The maximum Gasteiger partial charge on any atom is 0.278 e. The number of aromatic nitrogens is 4. The van der Waals surface area contributed by atoms with Crippen LogP contribution in [0.25, 0.3) is 16.7 Å². The Bertz CT molecular complexity index is 1750. The summed E-state index contributed by atoms with van der Waals surface area (Å²) in [4.78, 5) is 23.0. The van der Waals surface area contributed by atoms with Gasteiger partial charge in [0.15, 0.2) is 15.5 Å². The summed E-state index contributed by atoms with van der Waals surface area (Å²) in [6, 6.07) is 18.7. The van der Waals surface area contributed by atoms with E-state index in [1.165, 1.54) is 36.5 Å². The molecule has 0 aliphatic rings. The Morgan fingerprint density at radius 1 is 1.05 bits per heavy atom. The lowest BCUT2D eigenvalue weighted by atomic mass is 10.1. The van der Waals surface area contributed by atoms with Gasteiger partial charge in [-0.05, 0) is 55.5 Å². The zero-order valence-corrected chi connectivity index (χ0v) is 23.1. The van der Waals surface area contributed by atoms with Crippen LogP contribution in [0.1, 0.15) is 16.1 Å². The molecule has 0 saturated heterocycles. The van der Waals surface area contributed by atoms with Crippen molar-refractivity contribution in [2.75, 3.05) is 17.9 Å². The largest absolute Gasteiger partial charge is 0.497 e. The fraction of sp³-hybridized carbons (Fsp3) is 0.111. The summed E-state index contributed by atoms with van der Waals surface area (Å²) in [5.74, 6) is -0.895. The molecule has 0 unspecified atom stereocenters. The average molecular weight is 581 g/mol. The molecule has 1 amide bonds. The van der Waals surface area contributed by atoms with Crippen molar-refractivity contribution in [2.24, 2.45) is 0 Å². The van der Waals surface area contributed by atoms with E-state index in [0.717, 1.165) is 5.69 Å². The highest BCUT2D eigenvalue weighted by molar-refractivity contribution is 7.91. The average Bonchev–Trinajstić information content (AvgIpc) is 3.32. The first kappa shape index (κ1) is 28.5. The first-order valence-corrected chi connectivity index (χ1v) is 13.4. The predicted molar refractivity (Wildman–Crippen MR) is 152 cm³/mol. The van der Waals surface area contributed by atoms with Gasteiger partial charge >= 0.3 is 0 Å². The molecule has 0 radical (unpaired) electrons. The van der Waals surface area contributed by atoms with Crippen LogP contribution in [0.5, 0.6) is 5.75 Å². The minimum absolute atomic E-state index is 0. The van der Waals surface area contributed by atoms with E-state index in [9.17, 15) is 18.4 Å². The second kappa shape index (κ2) is 11.7. The number of hydrogen-bond acceptors (Lipinski definition) is 9. The highest BCUT2D eigenvalue weighted by atomic mass is 35.5.